The standard InChI is InChI=1S/C19H28N2O3/c1-2-24-17-12-16(19(17)9-4-3-5-10-19)20-14-7-6-8-15(11-14)21-18(23)13-22/h6-8,11,16-17,20,22H,2-5,9-10,12-13H2,1H3,(H,21,23). The van der Waals surface area contributed by atoms with E-state index in [-0.39, 0.29) is 5.41 Å². The van der Waals surface area contributed by atoms with Crippen LogP contribution in [0.25, 0.3) is 0 Å². The third-order valence-corrected chi connectivity index (χ3v) is 5.57. The Kier molecular flexibility index (Phi) is 5.41. The van der Waals surface area contributed by atoms with Gasteiger partial charge in [0, 0.05) is 29.4 Å². The van der Waals surface area contributed by atoms with Crippen molar-refractivity contribution < 1.29 is 14.6 Å². The van der Waals surface area contributed by atoms with E-state index >= 15 is 0 Å². The van der Waals surface area contributed by atoms with Gasteiger partial charge in [0.05, 0.1) is 6.10 Å². The number of anilines is 2. The molecule has 0 heterocycles. The molecule has 132 valence electrons. The molecule has 24 heavy (non-hydrogen) atoms. The van der Waals surface area contributed by atoms with Gasteiger partial charge in [-0.3, -0.25) is 4.79 Å². The van der Waals surface area contributed by atoms with E-state index in [9.17, 15) is 4.79 Å². The van der Waals surface area contributed by atoms with Crippen LogP contribution in [0.1, 0.15) is 45.4 Å². The molecule has 1 amide bonds. The molecule has 2 saturated carbocycles. The Morgan fingerprint density at radius 3 is 2.75 bits per heavy atom. The van der Waals surface area contributed by atoms with Gasteiger partial charge in [0.1, 0.15) is 6.61 Å². The van der Waals surface area contributed by atoms with Crippen LogP contribution in [0, 0.1) is 5.41 Å². The van der Waals surface area contributed by atoms with E-state index in [1.54, 1.807) is 0 Å². The predicted molar refractivity (Wildman–Crippen MR) is 95.1 cm³/mol. The third-order valence-electron chi connectivity index (χ3n) is 5.57. The molecule has 5 nitrogen and oxygen atoms in total. The first-order valence-corrected chi connectivity index (χ1v) is 9.07. The van der Waals surface area contributed by atoms with E-state index in [1.807, 2.05) is 24.3 Å². The van der Waals surface area contributed by atoms with Crippen LogP contribution in [-0.2, 0) is 9.53 Å². The summed E-state index contributed by atoms with van der Waals surface area (Å²) >= 11 is 0. The first-order valence-electron chi connectivity index (χ1n) is 9.07. The van der Waals surface area contributed by atoms with Crippen molar-refractivity contribution in [3.63, 3.8) is 0 Å². The van der Waals surface area contributed by atoms with Crippen LogP contribution < -0.4 is 10.6 Å². The number of carbonyl (C=O) groups excluding carboxylic acids is 1. The Balaban J connectivity index is 1.69. The molecule has 0 bridgehead atoms. The fourth-order valence-corrected chi connectivity index (χ4v) is 4.35. The molecule has 2 aliphatic carbocycles. The van der Waals surface area contributed by atoms with Gasteiger partial charge in [0.2, 0.25) is 5.91 Å². The Morgan fingerprint density at radius 2 is 2.04 bits per heavy atom. The molecule has 2 fully saturated rings. The van der Waals surface area contributed by atoms with Crippen molar-refractivity contribution in [1.82, 2.24) is 0 Å². The van der Waals surface area contributed by atoms with Crippen LogP contribution >= 0.6 is 0 Å². The zero-order valence-corrected chi connectivity index (χ0v) is 14.4. The highest BCUT2D eigenvalue weighted by Crippen LogP contribution is 2.54. The van der Waals surface area contributed by atoms with Gasteiger partial charge in [-0.15, -0.1) is 0 Å². The average molecular weight is 332 g/mol. The monoisotopic (exact) mass is 332 g/mol. The van der Waals surface area contributed by atoms with Crippen molar-refractivity contribution in [2.45, 2.75) is 57.6 Å². The lowest BCUT2D eigenvalue weighted by atomic mass is 9.55. The van der Waals surface area contributed by atoms with Crippen molar-refractivity contribution in [1.29, 1.82) is 0 Å². The Labute approximate surface area is 143 Å². The van der Waals surface area contributed by atoms with Gasteiger partial charge in [-0.2, -0.15) is 0 Å². The van der Waals surface area contributed by atoms with Crippen LogP contribution in [0.2, 0.25) is 0 Å². The first kappa shape index (κ1) is 17.2. The van der Waals surface area contributed by atoms with E-state index in [1.165, 1.54) is 32.1 Å². The van der Waals surface area contributed by atoms with Crippen molar-refractivity contribution in [2.75, 3.05) is 23.8 Å². The number of amides is 1. The molecule has 0 aromatic heterocycles. The van der Waals surface area contributed by atoms with Gasteiger partial charge < -0.3 is 20.5 Å². The van der Waals surface area contributed by atoms with Crippen molar-refractivity contribution in [3.8, 4) is 0 Å². The molecule has 0 radical (unpaired) electrons. The molecule has 1 aromatic carbocycles. The molecule has 3 N–H and O–H groups in total. The number of hydrogen-bond acceptors (Lipinski definition) is 4. The van der Waals surface area contributed by atoms with E-state index in [0.29, 0.717) is 17.8 Å². The molecule has 0 saturated heterocycles. The molecule has 2 atom stereocenters. The number of nitrogens with one attached hydrogen (secondary N) is 2. The van der Waals surface area contributed by atoms with Crippen molar-refractivity contribution >= 4 is 17.3 Å². The summed E-state index contributed by atoms with van der Waals surface area (Å²) in [5.74, 6) is -0.393. The van der Waals surface area contributed by atoms with Crippen LogP contribution in [-0.4, -0.2) is 36.4 Å². The Morgan fingerprint density at radius 1 is 1.29 bits per heavy atom. The fourth-order valence-electron chi connectivity index (χ4n) is 4.35. The number of aliphatic hydroxyl groups excluding tert-OH is 1. The lowest BCUT2D eigenvalue weighted by molar-refractivity contribution is -0.134. The molecule has 3 rings (SSSR count). The number of ether oxygens (including phenoxy) is 1. The minimum Gasteiger partial charge on any atom is -0.387 e. The summed E-state index contributed by atoms with van der Waals surface area (Å²) in [6.07, 6.45) is 7.78. The second kappa shape index (κ2) is 7.53. The Bertz CT molecular complexity index is 569. The molecule has 1 aromatic rings. The van der Waals surface area contributed by atoms with E-state index in [0.717, 1.165) is 18.7 Å². The number of aliphatic hydroxyl groups is 1. The zero-order valence-electron chi connectivity index (χ0n) is 14.4. The zero-order chi connectivity index (χ0) is 17.0. The molecule has 5 heteroatoms. The number of benzene rings is 1. The highest BCUT2D eigenvalue weighted by Gasteiger charge is 2.55. The van der Waals surface area contributed by atoms with Crippen molar-refractivity contribution in [3.05, 3.63) is 24.3 Å². The fraction of sp³-hybridized carbons (Fsp3) is 0.632. The second-order valence-corrected chi connectivity index (χ2v) is 6.96. The summed E-state index contributed by atoms with van der Waals surface area (Å²) in [5, 5.41) is 15.2. The normalized spacial score (nSPS) is 25.1. The maximum absolute atomic E-state index is 11.3. The molecular weight excluding hydrogens is 304 g/mol. The van der Waals surface area contributed by atoms with Gasteiger partial charge in [-0.1, -0.05) is 25.3 Å². The summed E-state index contributed by atoms with van der Waals surface area (Å²) < 4.78 is 6.01. The lowest BCUT2D eigenvalue weighted by Crippen LogP contribution is -2.62. The maximum Gasteiger partial charge on any atom is 0.250 e. The second-order valence-electron chi connectivity index (χ2n) is 6.96. The summed E-state index contributed by atoms with van der Waals surface area (Å²) in [5.41, 5.74) is 1.98. The summed E-state index contributed by atoms with van der Waals surface area (Å²) in [6, 6.07) is 8.13. The van der Waals surface area contributed by atoms with Crippen LogP contribution in [0.5, 0.6) is 0 Å². The summed E-state index contributed by atoms with van der Waals surface area (Å²) in [6.45, 7) is 2.35. The largest absolute Gasteiger partial charge is 0.387 e. The highest BCUT2D eigenvalue weighted by molar-refractivity contribution is 5.91. The van der Waals surface area contributed by atoms with Gasteiger partial charge >= 0.3 is 0 Å². The number of carbonyl (C=O) groups is 1. The quantitative estimate of drug-likeness (QED) is 0.748. The van der Waals surface area contributed by atoms with Gasteiger partial charge in [-0.05, 0) is 44.4 Å². The molecule has 2 aliphatic rings. The van der Waals surface area contributed by atoms with Gasteiger partial charge in [0.15, 0.2) is 0 Å². The van der Waals surface area contributed by atoms with Crippen LogP contribution in [0.3, 0.4) is 0 Å². The van der Waals surface area contributed by atoms with Gasteiger partial charge in [0.25, 0.3) is 0 Å². The van der Waals surface area contributed by atoms with Crippen LogP contribution in [0.4, 0.5) is 11.4 Å². The van der Waals surface area contributed by atoms with Crippen molar-refractivity contribution in [2.24, 2.45) is 5.41 Å². The van der Waals surface area contributed by atoms with E-state index in [2.05, 4.69) is 17.6 Å². The first-order chi connectivity index (χ1) is 11.7. The van der Waals surface area contributed by atoms with Gasteiger partial charge in [-0.25, -0.2) is 0 Å². The van der Waals surface area contributed by atoms with E-state index < -0.39 is 12.5 Å². The highest BCUT2D eigenvalue weighted by atomic mass is 16.5. The Hall–Kier alpha value is -1.59. The maximum atomic E-state index is 11.3. The minimum absolute atomic E-state index is 0.263. The molecule has 1 spiro atoms. The van der Waals surface area contributed by atoms with Crippen LogP contribution in [0.15, 0.2) is 24.3 Å². The number of rotatable bonds is 6. The summed E-state index contributed by atoms with van der Waals surface area (Å²) in [4.78, 5) is 11.3. The number of hydrogen-bond donors (Lipinski definition) is 3. The summed E-state index contributed by atoms with van der Waals surface area (Å²) in [7, 11) is 0. The topological polar surface area (TPSA) is 70.6 Å². The lowest BCUT2D eigenvalue weighted by Gasteiger charge is -2.58. The molecule has 0 aliphatic heterocycles. The molecular formula is C19H28N2O3. The predicted octanol–water partition coefficient (Wildman–Crippen LogP) is 3.16. The smallest absolute Gasteiger partial charge is 0.250 e. The molecule has 2 unspecified atom stereocenters. The minimum atomic E-state index is -0.501. The average Bonchev–Trinajstić information content (AvgIpc) is 2.62. The third kappa shape index (κ3) is 3.42. The van der Waals surface area contributed by atoms with E-state index in [4.69, 9.17) is 9.84 Å². The SMILES string of the molecule is CCOC1CC(Nc2cccc(NC(=O)CO)c2)C12CCCCC2.